The van der Waals surface area contributed by atoms with Crippen LogP contribution in [0.15, 0.2) is 0 Å². The first-order valence-electron chi connectivity index (χ1n) is 5.64. The van der Waals surface area contributed by atoms with Crippen LogP contribution in [0.1, 0.15) is 46.0 Å². The van der Waals surface area contributed by atoms with E-state index in [1.54, 1.807) is 0 Å². The van der Waals surface area contributed by atoms with Crippen LogP contribution < -0.4 is 5.32 Å². The topological polar surface area (TPSA) is 32.3 Å². The van der Waals surface area contributed by atoms with Gasteiger partial charge >= 0.3 is 0 Å². The predicted molar refractivity (Wildman–Crippen MR) is 55.7 cm³/mol. The largest absolute Gasteiger partial charge is 0.395 e. The smallest absolute Gasteiger partial charge is 0.0582 e. The van der Waals surface area contributed by atoms with E-state index in [0.29, 0.717) is 6.04 Å². The lowest BCUT2D eigenvalue weighted by Crippen LogP contribution is -2.44. The summed E-state index contributed by atoms with van der Waals surface area (Å²) >= 11 is 0. The van der Waals surface area contributed by atoms with Gasteiger partial charge in [-0.25, -0.2) is 0 Å². The molecule has 0 amide bonds. The molecule has 2 heteroatoms. The fourth-order valence-corrected chi connectivity index (χ4v) is 2.33. The Balaban J connectivity index is 2.35. The van der Waals surface area contributed by atoms with E-state index in [4.69, 9.17) is 5.11 Å². The van der Waals surface area contributed by atoms with E-state index in [9.17, 15) is 0 Å². The molecule has 0 aromatic heterocycles. The second kappa shape index (κ2) is 5.61. The van der Waals surface area contributed by atoms with Crippen LogP contribution in [0.5, 0.6) is 0 Å². The van der Waals surface area contributed by atoms with Gasteiger partial charge in [0.1, 0.15) is 0 Å². The molecule has 0 radical (unpaired) electrons. The van der Waals surface area contributed by atoms with Gasteiger partial charge in [-0.2, -0.15) is 0 Å². The molecule has 1 fully saturated rings. The molecule has 0 spiro atoms. The minimum absolute atomic E-state index is 0.257. The van der Waals surface area contributed by atoms with Gasteiger partial charge in [-0.05, 0) is 25.7 Å². The molecular formula is C11H23NO. The van der Waals surface area contributed by atoms with E-state index in [2.05, 4.69) is 19.2 Å². The summed E-state index contributed by atoms with van der Waals surface area (Å²) in [5.74, 6) is 0.836. The molecule has 2 N–H and O–H groups in total. The third kappa shape index (κ3) is 3.28. The van der Waals surface area contributed by atoms with Crippen LogP contribution in [0, 0.1) is 5.92 Å². The highest BCUT2D eigenvalue weighted by molar-refractivity contribution is 4.81. The van der Waals surface area contributed by atoms with Crippen LogP contribution in [0.3, 0.4) is 0 Å². The lowest BCUT2D eigenvalue weighted by Gasteiger charge is -2.33. The predicted octanol–water partition coefficient (Wildman–Crippen LogP) is 1.93. The van der Waals surface area contributed by atoms with Crippen molar-refractivity contribution in [3.8, 4) is 0 Å². The van der Waals surface area contributed by atoms with Crippen molar-refractivity contribution in [1.82, 2.24) is 5.32 Å². The highest BCUT2D eigenvalue weighted by atomic mass is 16.3. The molecule has 1 aliphatic rings. The summed E-state index contributed by atoms with van der Waals surface area (Å²) < 4.78 is 0. The maximum Gasteiger partial charge on any atom is 0.0582 e. The molecule has 3 unspecified atom stereocenters. The maximum atomic E-state index is 8.96. The Kier molecular flexibility index (Phi) is 4.74. The molecule has 1 rings (SSSR count). The van der Waals surface area contributed by atoms with Crippen molar-refractivity contribution >= 4 is 0 Å². The summed E-state index contributed by atoms with van der Waals surface area (Å²) in [6.07, 6.45) is 6.68. The van der Waals surface area contributed by atoms with Crippen molar-refractivity contribution in [2.24, 2.45) is 5.92 Å². The fraction of sp³-hybridized carbons (Fsp3) is 1.00. The van der Waals surface area contributed by atoms with E-state index < -0.39 is 0 Å². The van der Waals surface area contributed by atoms with Gasteiger partial charge in [0.2, 0.25) is 0 Å². The molecule has 1 aliphatic carbocycles. The van der Waals surface area contributed by atoms with Crippen molar-refractivity contribution in [3.05, 3.63) is 0 Å². The number of aliphatic hydroxyl groups excluding tert-OH is 1. The van der Waals surface area contributed by atoms with Gasteiger partial charge in [0, 0.05) is 12.1 Å². The molecule has 0 aliphatic heterocycles. The van der Waals surface area contributed by atoms with Crippen LogP contribution in [0.4, 0.5) is 0 Å². The number of rotatable bonds is 4. The summed E-state index contributed by atoms with van der Waals surface area (Å²) in [5, 5.41) is 12.5. The lowest BCUT2D eigenvalue weighted by molar-refractivity contribution is 0.194. The highest BCUT2D eigenvalue weighted by Gasteiger charge is 2.24. The van der Waals surface area contributed by atoms with Crippen molar-refractivity contribution in [3.63, 3.8) is 0 Å². The summed E-state index contributed by atoms with van der Waals surface area (Å²) in [5.41, 5.74) is 0. The van der Waals surface area contributed by atoms with Crippen LogP contribution in [-0.4, -0.2) is 23.8 Å². The Bertz CT molecular complexity index is 138. The van der Waals surface area contributed by atoms with E-state index in [-0.39, 0.29) is 12.6 Å². The molecule has 0 aromatic rings. The Morgan fingerprint density at radius 3 is 2.69 bits per heavy atom. The number of nitrogens with one attached hydrogen (secondary N) is 1. The molecule has 0 aromatic carbocycles. The molecule has 78 valence electrons. The Morgan fingerprint density at radius 2 is 2.08 bits per heavy atom. The standard InChI is InChI=1S/C11H23NO/c1-3-10-6-4-5-7-11(10)12-9(2)8-13/h9-13H,3-8H2,1-2H3. The number of hydrogen-bond donors (Lipinski definition) is 2. The van der Waals surface area contributed by atoms with Crippen molar-refractivity contribution in [2.75, 3.05) is 6.61 Å². The third-order valence-corrected chi connectivity index (χ3v) is 3.21. The van der Waals surface area contributed by atoms with Gasteiger partial charge in [0.05, 0.1) is 6.61 Å². The molecule has 3 atom stereocenters. The first-order valence-corrected chi connectivity index (χ1v) is 5.64. The minimum Gasteiger partial charge on any atom is -0.395 e. The van der Waals surface area contributed by atoms with Gasteiger partial charge in [0.25, 0.3) is 0 Å². The average molecular weight is 185 g/mol. The highest BCUT2D eigenvalue weighted by Crippen LogP contribution is 2.26. The Labute approximate surface area is 81.7 Å². The molecule has 13 heavy (non-hydrogen) atoms. The summed E-state index contributed by atoms with van der Waals surface area (Å²) in [4.78, 5) is 0. The molecule has 2 nitrogen and oxygen atoms in total. The monoisotopic (exact) mass is 185 g/mol. The van der Waals surface area contributed by atoms with Gasteiger partial charge in [-0.15, -0.1) is 0 Å². The minimum atomic E-state index is 0.257. The molecule has 0 heterocycles. The van der Waals surface area contributed by atoms with Gasteiger partial charge in [-0.3, -0.25) is 0 Å². The fourth-order valence-electron chi connectivity index (χ4n) is 2.33. The van der Waals surface area contributed by atoms with Gasteiger partial charge < -0.3 is 10.4 Å². The maximum absolute atomic E-state index is 8.96. The lowest BCUT2D eigenvalue weighted by atomic mass is 9.82. The van der Waals surface area contributed by atoms with E-state index >= 15 is 0 Å². The van der Waals surface area contributed by atoms with Crippen LogP contribution >= 0.6 is 0 Å². The SMILES string of the molecule is CCC1CCCCC1NC(C)CO. The summed E-state index contributed by atoms with van der Waals surface area (Å²) in [6, 6.07) is 0.915. The van der Waals surface area contributed by atoms with Crippen LogP contribution in [0.2, 0.25) is 0 Å². The quantitative estimate of drug-likeness (QED) is 0.701. The third-order valence-electron chi connectivity index (χ3n) is 3.21. The molecular weight excluding hydrogens is 162 g/mol. The second-order valence-electron chi connectivity index (χ2n) is 4.31. The van der Waals surface area contributed by atoms with E-state index in [1.165, 1.54) is 32.1 Å². The number of aliphatic hydroxyl groups is 1. The number of hydrogen-bond acceptors (Lipinski definition) is 2. The zero-order chi connectivity index (χ0) is 9.68. The summed E-state index contributed by atoms with van der Waals surface area (Å²) in [7, 11) is 0. The first-order chi connectivity index (χ1) is 6.27. The molecule has 0 saturated heterocycles. The zero-order valence-electron chi connectivity index (χ0n) is 8.92. The normalized spacial score (nSPS) is 31.6. The summed E-state index contributed by atoms with van der Waals surface area (Å²) in [6.45, 7) is 4.59. The van der Waals surface area contributed by atoms with E-state index in [0.717, 1.165) is 5.92 Å². The van der Waals surface area contributed by atoms with Gasteiger partial charge in [-0.1, -0.05) is 26.2 Å². The second-order valence-corrected chi connectivity index (χ2v) is 4.31. The Hall–Kier alpha value is -0.0800. The van der Waals surface area contributed by atoms with E-state index in [1.807, 2.05) is 0 Å². The van der Waals surface area contributed by atoms with Gasteiger partial charge in [0.15, 0.2) is 0 Å². The first kappa shape index (κ1) is 11.0. The van der Waals surface area contributed by atoms with Crippen LogP contribution in [-0.2, 0) is 0 Å². The van der Waals surface area contributed by atoms with Crippen molar-refractivity contribution < 1.29 is 5.11 Å². The Morgan fingerprint density at radius 1 is 1.38 bits per heavy atom. The zero-order valence-corrected chi connectivity index (χ0v) is 8.92. The van der Waals surface area contributed by atoms with Crippen molar-refractivity contribution in [2.45, 2.75) is 58.0 Å². The molecule has 0 bridgehead atoms. The molecule has 1 saturated carbocycles. The van der Waals surface area contributed by atoms with Crippen molar-refractivity contribution in [1.29, 1.82) is 0 Å². The van der Waals surface area contributed by atoms with Crippen LogP contribution in [0.25, 0.3) is 0 Å². The average Bonchev–Trinajstić information content (AvgIpc) is 2.18.